The average Bonchev–Trinajstić information content (AvgIpc) is 2.01. The van der Waals surface area contributed by atoms with Crippen LogP contribution in [-0.4, -0.2) is 9.55 Å². The molecule has 1 heterocycles. The maximum atomic E-state index is 11.5. The zero-order valence-corrected chi connectivity index (χ0v) is 9.14. The monoisotopic (exact) mass is 212 g/mol. The Morgan fingerprint density at radius 2 is 2.36 bits per heavy atom. The molecular formula is C10H13ClN2O. The van der Waals surface area contributed by atoms with Crippen LogP contribution in [0.25, 0.3) is 0 Å². The third-order valence-electron chi connectivity index (χ3n) is 1.93. The lowest BCUT2D eigenvalue weighted by Gasteiger charge is -2.08. The maximum Gasteiger partial charge on any atom is 0.254 e. The van der Waals surface area contributed by atoms with Gasteiger partial charge >= 0.3 is 0 Å². The first-order valence-corrected chi connectivity index (χ1v) is 4.77. The van der Waals surface area contributed by atoms with Crippen LogP contribution in [0.15, 0.2) is 23.0 Å². The van der Waals surface area contributed by atoms with E-state index >= 15 is 0 Å². The summed E-state index contributed by atoms with van der Waals surface area (Å²) in [6.07, 6.45) is 0.782. The van der Waals surface area contributed by atoms with Gasteiger partial charge in [-0.2, -0.15) is 0 Å². The van der Waals surface area contributed by atoms with Gasteiger partial charge < -0.3 is 0 Å². The Bertz CT molecular complexity index is 409. The van der Waals surface area contributed by atoms with E-state index in [9.17, 15) is 4.79 Å². The van der Waals surface area contributed by atoms with Crippen molar-refractivity contribution in [2.24, 2.45) is 0 Å². The normalized spacial score (nSPS) is 10.2. The van der Waals surface area contributed by atoms with Gasteiger partial charge in [-0.1, -0.05) is 17.2 Å². The van der Waals surface area contributed by atoms with Crippen LogP contribution in [-0.2, 0) is 6.54 Å². The molecule has 0 aromatic carbocycles. The van der Waals surface area contributed by atoms with E-state index in [0.29, 0.717) is 12.4 Å². The Kier molecular flexibility index (Phi) is 3.47. The number of hydrogen-bond acceptors (Lipinski definition) is 2. The van der Waals surface area contributed by atoms with Crippen molar-refractivity contribution in [3.8, 4) is 0 Å². The standard InChI is InChI=1S/C10H13ClN2O/c1-7(2)4-5-13-8(3)12-9(11)6-10(13)14/h6H,1,4-5H2,2-3H3. The van der Waals surface area contributed by atoms with Gasteiger partial charge in [-0.15, -0.1) is 6.58 Å². The predicted molar refractivity (Wildman–Crippen MR) is 57.7 cm³/mol. The maximum absolute atomic E-state index is 11.5. The van der Waals surface area contributed by atoms with E-state index in [0.717, 1.165) is 12.0 Å². The molecule has 0 bridgehead atoms. The van der Waals surface area contributed by atoms with Crippen molar-refractivity contribution in [3.63, 3.8) is 0 Å². The van der Waals surface area contributed by atoms with Crippen molar-refractivity contribution >= 4 is 11.6 Å². The Balaban J connectivity index is 2.97. The van der Waals surface area contributed by atoms with Gasteiger partial charge in [0.1, 0.15) is 11.0 Å². The molecule has 0 N–H and O–H groups in total. The average molecular weight is 213 g/mol. The number of allylic oxidation sites excluding steroid dienone is 1. The molecule has 0 unspecified atom stereocenters. The van der Waals surface area contributed by atoms with Gasteiger partial charge in [0.2, 0.25) is 0 Å². The Hall–Kier alpha value is -1.09. The third-order valence-corrected chi connectivity index (χ3v) is 2.12. The molecule has 1 aromatic heterocycles. The van der Waals surface area contributed by atoms with Crippen LogP contribution in [0.5, 0.6) is 0 Å². The second kappa shape index (κ2) is 4.42. The summed E-state index contributed by atoms with van der Waals surface area (Å²) >= 11 is 5.64. The number of aryl methyl sites for hydroxylation is 1. The highest BCUT2D eigenvalue weighted by molar-refractivity contribution is 6.29. The van der Waals surface area contributed by atoms with Crippen LogP contribution >= 0.6 is 11.6 Å². The van der Waals surface area contributed by atoms with Crippen molar-refractivity contribution in [3.05, 3.63) is 39.5 Å². The Morgan fingerprint density at radius 3 is 2.86 bits per heavy atom. The Labute approximate surface area is 88.0 Å². The molecule has 0 aliphatic heterocycles. The van der Waals surface area contributed by atoms with E-state index in [1.165, 1.54) is 6.07 Å². The summed E-state index contributed by atoms with van der Waals surface area (Å²) in [4.78, 5) is 15.5. The van der Waals surface area contributed by atoms with Crippen LogP contribution in [0, 0.1) is 6.92 Å². The minimum absolute atomic E-state index is 0.108. The van der Waals surface area contributed by atoms with Crippen molar-refractivity contribution in [2.45, 2.75) is 26.8 Å². The zero-order chi connectivity index (χ0) is 10.7. The van der Waals surface area contributed by atoms with E-state index in [2.05, 4.69) is 11.6 Å². The van der Waals surface area contributed by atoms with Crippen LogP contribution in [0.1, 0.15) is 19.2 Å². The van der Waals surface area contributed by atoms with E-state index in [1.54, 1.807) is 11.5 Å². The van der Waals surface area contributed by atoms with Crippen molar-refractivity contribution < 1.29 is 0 Å². The Morgan fingerprint density at radius 1 is 1.71 bits per heavy atom. The summed E-state index contributed by atoms with van der Waals surface area (Å²) in [7, 11) is 0. The fraction of sp³-hybridized carbons (Fsp3) is 0.400. The van der Waals surface area contributed by atoms with Crippen LogP contribution in [0.4, 0.5) is 0 Å². The first-order valence-electron chi connectivity index (χ1n) is 4.39. The quantitative estimate of drug-likeness (QED) is 0.569. The summed E-state index contributed by atoms with van der Waals surface area (Å²) in [6, 6.07) is 1.33. The van der Waals surface area contributed by atoms with Gasteiger partial charge in [0, 0.05) is 12.6 Å². The van der Waals surface area contributed by atoms with E-state index in [4.69, 9.17) is 11.6 Å². The number of halogens is 1. The highest BCUT2D eigenvalue weighted by Gasteiger charge is 2.02. The van der Waals surface area contributed by atoms with Crippen LogP contribution < -0.4 is 5.56 Å². The predicted octanol–water partition coefficient (Wildman–Crippen LogP) is 2.17. The fourth-order valence-electron chi connectivity index (χ4n) is 1.16. The second-order valence-electron chi connectivity index (χ2n) is 3.32. The van der Waals surface area contributed by atoms with Gasteiger partial charge in [0.25, 0.3) is 5.56 Å². The smallest absolute Gasteiger partial charge is 0.254 e. The van der Waals surface area contributed by atoms with E-state index in [1.807, 2.05) is 6.92 Å². The molecule has 0 saturated carbocycles. The molecule has 0 atom stereocenters. The lowest BCUT2D eigenvalue weighted by atomic mass is 10.2. The molecule has 0 amide bonds. The molecule has 0 spiro atoms. The fourth-order valence-corrected chi connectivity index (χ4v) is 1.38. The van der Waals surface area contributed by atoms with Crippen molar-refractivity contribution in [2.75, 3.05) is 0 Å². The lowest BCUT2D eigenvalue weighted by Crippen LogP contribution is -2.23. The topological polar surface area (TPSA) is 34.9 Å². The van der Waals surface area contributed by atoms with E-state index < -0.39 is 0 Å². The third kappa shape index (κ3) is 2.70. The SMILES string of the molecule is C=C(C)CCn1c(C)nc(Cl)cc1=O. The molecule has 3 nitrogen and oxygen atoms in total. The number of nitrogens with zero attached hydrogens (tertiary/aromatic N) is 2. The van der Waals surface area contributed by atoms with Gasteiger partial charge in [0.15, 0.2) is 0 Å². The van der Waals surface area contributed by atoms with Gasteiger partial charge in [-0.25, -0.2) is 4.98 Å². The molecule has 0 saturated heterocycles. The summed E-state index contributed by atoms with van der Waals surface area (Å²) in [5.74, 6) is 0.642. The summed E-state index contributed by atoms with van der Waals surface area (Å²) in [6.45, 7) is 8.10. The molecule has 1 aromatic rings. The van der Waals surface area contributed by atoms with Crippen LogP contribution in [0.2, 0.25) is 5.15 Å². The van der Waals surface area contributed by atoms with Gasteiger partial charge in [0.05, 0.1) is 0 Å². The number of hydrogen-bond donors (Lipinski definition) is 0. The largest absolute Gasteiger partial charge is 0.297 e. The molecule has 14 heavy (non-hydrogen) atoms. The highest BCUT2D eigenvalue weighted by atomic mass is 35.5. The minimum Gasteiger partial charge on any atom is -0.297 e. The first-order chi connectivity index (χ1) is 6.50. The lowest BCUT2D eigenvalue weighted by molar-refractivity contribution is 0.628. The van der Waals surface area contributed by atoms with Gasteiger partial charge in [-0.3, -0.25) is 9.36 Å². The number of aromatic nitrogens is 2. The second-order valence-corrected chi connectivity index (χ2v) is 3.71. The number of rotatable bonds is 3. The molecule has 0 fully saturated rings. The molecule has 4 heteroatoms. The highest BCUT2D eigenvalue weighted by Crippen LogP contribution is 2.03. The van der Waals surface area contributed by atoms with E-state index in [-0.39, 0.29) is 10.7 Å². The first kappa shape index (κ1) is 11.0. The zero-order valence-electron chi connectivity index (χ0n) is 8.38. The molecular weight excluding hydrogens is 200 g/mol. The molecule has 0 aliphatic rings. The van der Waals surface area contributed by atoms with Crippen molar-refractivity contribution in [1.82, 2.24) is 9.55 Å². The minimum atomic E-state index is -0.108. The molecule has 0 aliphatic carbocycles. The molecule has 76 valence electrons. The summed E-state index contributed by atoms with van der Waals surface area (Å²) in [5, 5.41) is 0.249. The van der Waals surface area contributed by atoms with Gasteiger partial charge in [-0.05, 0) is 20.3 Å². The van der Waals surface area contributed by atoms with Crippen LogP contribution in [0.3, 0.4) is 0 Å². The summed E-state index contributed by atoms with van der Waals surface area (Å²) < 4.78 is 1.60. The summed E-state index contributed by atoms with van der Waals surface area (Å²) in [5.41, 5.74) is 0.940. The molecule has 0 radical (unpaired) electrons. The van der Waals surface area contributed by atoms with Crippen molar-refractivity contribution in [1.29, 1.82) is 0 Å². The molecule has 1 rings (SSSR count).